The molecule has 8 heteroatoms. The molecule has 3 aromatic rings. The maximum absolute atomic E-state index is 13.5. The quantitative estimate of drug-likeness (QED) is 0.524. The molecule has 2 aromatic heterocycles. The van der Waals surface area contributed by atoms with Crippen LogP contribution in [-0.2, 0) is 7.05 Å². The standard InChI is InChI=1S/C28H34N4O4/c1-18-23(17-24(30(18)3)20-7-9-22(35-4)10-8-20)27(33)32-15-11-21(12-16-32)26-29-25(19(2)36-26)28(34)31-13-5-6-14-31/h7-10,17,21H,5-6,11-16H2,1-4H3. The molecular formula is C28H34N4O4. The molecule has 0 saturated carbocycles. The number of likely N-dealkylation sites (tertiary alicyclic amines) is 2. The molecule has 2 aliphatic rings. The zero-order valence-corrected chi connectivity index (χ0v) is 21.5. The lowest BCUT2D eigenvalue weighted by atomic mass is 9.96. The van der Waals surface area contributed by atoms with Gasteiger partial charge in [-0.2, -0.15) is 0 Å². The molecule has 4 heterocycles. The van der Waals surface area contributed by atoms with E-state index in [1.807, 2.05) is 61.0 Å². The molecular weight excluding hydrogens is 456 g/mol. The average Bonchev–Trinajstić information content (AvgIpc) is 3.64. The summed E-state index contributed by atoms with van der Waals surface area (Å²) in [6, 6.07) is 9.86. The van der Waals surface area contributed by atoms with Gasteiger partial charge in [0.05, 0.1) is 12.7 Å². The lowest BCUT2D eigenvalue weighted by molar-refractivity contribution is 0.0705. The van der Waals surface area contributed by atoms with Crippen molar-refractivity contribution >= 4 is 11.8 Å². The Morgan fingerprint density at radius 3 is 2.25 bits per heavy atom. The minimum absolute atomic E-state index is 0.0279. The van der Waals surface area contributed by atoms with E-state index in [4.69, 9.17) is 9.15 Å². The molecule has 0 spiro atoms. The smallest absolute Gasteiger partial charge is 0.276 e. The average molecular weight is 491 g/mol. The molecule has 0 unspecified atom stereocenters. The molecule has 0 radical (unpaired) electrons. The van der Waals surface area contributed by atoms with Gasteiger partial charge in [0, 0.05) is 50.5 Å². The van der Waals surface area contributed by atoms with E-state index in [0.29, 0.717) is 30.4 Å². The first-order chi connectivity index (χ1) is 17.4. The predicted octanol–water partition coefficient (Wildman–Crippen LogP) is 4.56. The van der Waals surface area contributed by atoms with E-state index in [1.165, 1.54) is 0 Å². The van der Waals surface area contributed by atoms with Crippen LogP contribution in [0.3, 0.4) is 0 Å². The number of carbonyl (C=O) groups excluding carboxylic acids is 2. The van der Waals surface area contributed by atoms with Crippen LogP contribution in [0.4, 0.5) is 0 Å². The van der Waals surface area contributed by atoms with Crippen molar-refractivity contribution in [3.05, 3.63) is 58.9 Å². The van der Waals surface area contributed by atoms with E-state index >= 15 is 0 Å². The Morgan fingerprint density at radius 1 is 0.972 bits per heavy atom. The summed E-state index contributed by atoms with van der Waals surface area (Å²) in [5, 5.41) is 0. The van der Waals surface area contributed by atoms with Crippen LogP contribution in [0.1, 0.15) is 69.8 Å². The summed E-state index contributed by atoms with van der Waals surface area (Å²) in [7, 11) is 3.64. The number of nitrogens with zero attached hydrogens (tertiary/aromatic N) is 4. The normalized spacial score (nSPS) is 16.6. The number of carbonyl (C=O) groups is 2. The van der Waals surface area contributed by atoms with Gasteiger partial charge in [-0.05, 0) is 75.4 Å². The van der Waals surface area contributed by atoms with Gasteiger partial charge < -0.3 is 23.5 Å². The number of aromatic nitrogens is 2. The number of aryl methyl sites for hydroxylation is 1. The van der Waals surface area contributed by atoms with Crippen molar-refractivity contribution in [2.24, 2.45) is 7.05 Å². The molecule has 190 valence electrons. The van der Waals surface area contributed by atoms with Gasteiger partial charge in [0.15, 0.2) is 11.6 Å². The van der Waals surface area contributed by atoms with Gasteiger partial charge in [0.2, 0.25) is 0 Å². The molecule has 8 nitrogen and oxygen atoms in total. The first kappa shape index (κ1) is 24.2. The number of piperidine rings is 1. The van der Waals surface area contributed by atoms with E-state index in [9.17, 15) is 9.59 Å². The number of oxazole rings is 1. The second-order valence-electron chi connectivity index (χ2n) is 9.84. The molecule has 2 fully saturated rings. The molecule has 0 bridgehead atoms. The first-order valence-corrected chi connectivity index (χ1v) is 12.7. The van der Waals surface area contributed by atoms with Crippen molar-refractivity contribution in [3.8, 4) is 17.0 Å². The molecule has 2 amide bonds. The number of methoxy groups -OCH3 is 1. The van der Waals surface area contributed by atoms with E-state index < -0.39 is 0 Å². The highest BCUT2D eigenvalue weighted by molar-refractivity contribution is 5.97. The fourth-order valence-corrected chi connectivity index (χ4v) is 5.31. The van der Waals surface area contributed by atoms with Crippen LogP contribution in [-0.4, -0.2) is 64.5 Å². The molecule has 2 saturated heterocycles. The summed E-state index contributed by atoms with van der Waals surface area (Å²) in [6.07, 6.45) is 3.62. The Labute approximate surface area is 211 Å². The van der Waals surface area contributed by atoms with Gasteiger partial charge >= 0.3 is 0 Å². The molecule has 0 N–H and O–H groups in total. The minimum Gasteiger partial charge on any atom is -0.497 e. The van der Waals surface area contributed by atoms with E-state index in [-0.39, 0.29) is 17.7 Å². The molecule has 5 rings (SSSR count). The number of rotatable bonds is 5. The third-order valence-corrected chi connectivity index (χ3v) is 7.69. The lowest BCUT2D eigenvalue weighted by Gasteiger charge is -2.30. The van der Waals surface area contributed by atoms with Crippen LogP contribution < -0.4 is 4.74 Å². The van der Waals surface area contributed by atoms with Crippen LogP contribution >= 0.6 is 0 Å². The second-order valence-corrected chi connectivity index (χ2v) is 9.84. The van der Waals surface area contributed by atoms with Crippen molar-refractivity contribution in [2.45, 2.75) is 45.4 Å². The lowest BCUT2D eigenvalue weighted by Crippen LogP contribution is -2.38. The largest absolute Gasteiger partial charge is 0.497 e. The third-order valence-electron chi connectivity index (χ3n) is 7.69. The van der Waals surface area contributed by atoms with E-state index in [2.05, 4.69) is 9.55 Å². The van der Waals surface area contributed by atoms with E-state index in [1.54, 1.807) is 7.11 Å². The molecule has 1 aromatic carbocycles. The van der Waals surface area contributed by atoms with Crippen LogP contribution in [0.15, 0.2) is 34.7 Å². The number of hydrogen-bond donors (Lipinski definition) is 0. The van der Waals surface area contributed by atoms with Gasteiger partial charge in [-0.3, -0.25) is 9.59 Å². The zero-order valence-electron chi connectivity index (χ0n) is 21.5. The highest BCUT2D eigenvalue weighted by Gasteiger charge is 2.31. The van der Waals surface area contributed by atoms with Crippen molar-refractivity contribution in [1.82, 2.24) is 19.4 Å². The van der Waals surface area contributed by atoms with Gasteiger partial charge in [-0.25, -0.2) is 4.98 Å². The van der Waals surface area contributed by atoms with Crippen molar-refractivity contribution in [2.75, 3.05) is 33.3 Å². The summed E-state index contributed by atoms with van der Waals surface area (Å²) in [5.74, 6) is 2.15. The summed E-state index contributed by atoms with van der Waals surface area (Å²) in [4.78, 5) is 34.6. The maximum atomic E-state index is 13.5. The van der Waals surface area contributed by atoms with Crippen molar-refractivity contribution in [1.29, 1.82) is 0 Å². The molecule has 0 aliphatic carbocycles. The monoisotopic (exact) mass is 490 g/mol. The highest BCUT2D eigenvalue weighted by Crippen LogP contribution is 2.32. The highest BCUT2D eigenvalue weighted by atomic mass is 16.5. The van der Waals surface area contributed by atoms with E-state index in [0.717, 1.165) is 67.0 Å². The van der Waals surface area contributed by atoms with Crippen LogP contribution in [0, 0.1) is 13.8 Å². The SMILES string of the molecule is COc1ccc(-c2cc(C(=O)N3CCC(c4nc(C(=O)N5CCCC5)c(C)o4)CC3)c(C)n2C)cc1. The van der Waals surface area contributed by atoms with Gasteiger partial charge in [-0.15, -0.1) is 0 Å². The number of hydrogen-bond acceptors (Lipinski definition) is 5. The number of ether oxygens (including phenoxy) is 1. The van der Waals surface area contributed by atoms with Gasteiger partial charge in [0.1, 0.15) is 11.5 Å². The zero-order chi connectivity index (χ0) is 25.4. The summed E-state index contributed by atoms with van der Waals surface area (Å²) < 4.78 is 13.3. The fraction of sp³-hybridized carbons (Fsp3) is 0.464. The Bertz CT molecular complexity index is 1260. The summed E-state index contributed by atoms with van der Waals surface area (Å²) in [5.41, 5.74) is 4.15. The van der Waals surface area contributed by atoms with Crippen LogP contribution in [0.2, 0.25) is 0 Å². The van der Waals surface area contributed by atoms with Crippen molar-refractivity contribution in [3.63, 3.8) is 0 Å². The minimum atomic E-state index is -0.0279. The van der Waals surface area contributed by atoms with Crippen LogP contribution in [0.5, 0.6) is 5.75 Å². The number of benzene rings is 1. The molecule has 0 atom stereocenters. The summed E-state index contributed by atoms with van der Waals surface area (Å²) >= 11 is 0. The van der Waals surface area contributed by atoms with Crippen molar-refractivity contribution < 1.29 is 18.7 Å². The predicted molar refractivity (Wildman–Crippen MR) is 136 cm³/mol. The Balaban J connectivity index is 1.26. The Kier molecular flexibility index (Phi) is 6.60. The Morgan fingerprint density at radius 2 is 1.61 bits per heavy atom. The fourth-order valence-electron chi connectivity index (χ4n) is 5.31. The third kappa shape index (κ3) is 4.40. The topological polar surface area (TPSA) is 80.8 Å². The molecule has 36 heavy (non-hydrogen) atoms. The maximum Gasteiger partial charge on any atom is 0.276 e. The second kappa shape index (κ2) is 9.84. The van der Waals surface area contributed by atoms with Gasteiger partial charge in [-0.1, -0.05) is 0 Å². The van der Waals surface area contributed by atoms with Gasteiger partial charge in [0.25, 0.3) is 11.8 Å². The van der Waals surface area contributed by atoms with Crippen LogP contribution in [0.25, 0.3) is 11.3 Å². The summed E-state index contributed by atoms with van der Waals surface area (Å²) in [6.45, 7) is 6.65. The molecule has 2 aliphatic heterocycles. The Hall–Kier alpha value is -3.55. The number of amides is 2. The first-order valence-electron chi connectivity index (χ1n) is 12.7.